The molecule has 0 aliphatic carbocycles. The van der Waals surface area contributed by atoms with Gasteiger partial charge < -0.3 is 10.2 Å². The molecule has 30 heavy (non-hydrogen) atoms. The Morgan fingerprint density at radius 2 is 1.70 bits per heavy atom. The highest BCUT2D eigenvalue weighted by atomic mass is 19.4. The van der Waals surface area contributed by atoms with E-state index >= 15 is 0 Å². The summed E-state index contributed by atoms with van der Waals surface area (Å²) in [5.74, 6) is 0. The third-order valence-electron chi connectivity index (χ3n) is 6.07. The Balaban J connectivity index is 1.48. The number of rotatable bonds is 2. The fraction of sp³-hybridized carbons (Fsp3) is 0.571. The van der Waals surface area contributed by atoms with E-state index in [-0.39, 0.29) is 29.2 Å². The van der Waals surface area contributed by atoms with Gasteiger partial charge in [-0.3, -0.25) is 0 Å². The van der Waals surface area contributed by atoms with Gasteiger partial charge in [-0.05, 0) is 37.8 Å². The lowest BCUT2D eigenvalue weighted by Crippen LogP contribution is -2.49. The number of anilines is 1. The molecule has 2 fully saturated rings. The van der Waals surface area contributed by atoms with E-state index in [0.717, 1.165) is 37.4 Å². The van der Waals surface area contributed by atoms with E-state index in [9.17, 15) is 18.0 Å². The summed E-state index contributed by atoms with van der Waals surface area (Å²) >= 11 is 0. The lowest BCUT2D eigenvalue weighted by Gasteiger charge is -2.38. The summed E-state index contributed by atoms with van der Waals surface area (Å²) < 4.78 is 41.6. The van der Waals surface area contributed by atoms with Crippen molar-refractivity contribution in [3.05, 3.63) is 41.7 Å². The molecule has 4 rings (SSSR count). The standard InChI is InChI=1S/C21H26F3N5O/c1-20(2,3)18-12-28(27-26-18)15-10-13-8-9-14(11-15)29(13)19(30)25-17-7-5-4-6-16(17)21(22,23)24/h4-7,12-15H,8-11H2,1-3H3,(H,25,30). The number of hydrogen-bond acceptors (Lipinski definition) is 3. The third-order valence-corrected chi connectivity index (χ3v) is 6.07. The summed E-state index contributed by atoms with van der Waals surface area (Å²) in [6.45, 7) is 6.24. The van der Waals surface area contributed by atoms with E-state index < -0.39 is 17.8 Å². The van der Waals surface area contributed by atoms with Crippen LogP contribution in [0.3, 0.4) is 0 Å². The minimum atomic E-state index is -4.52. The summed E-state index contributed by atoms with van der Waals surface area (Å²) in [6, 6.07) is 4.71. The van der Waals surface area contributed by atoms with Gasteiger partial charge >= 0.3 is 12.2 Å². The molecule has 1 aromatic heterocycles. The average Bonchev–Trinajstić information content (AvgIpc) is 3.24. The molecule has 2 bridgehead atoms. The highest BCUT2D eigenvalue weighted by molar-refractivity contribution is 5.91. The maximum atomic E-state index is 13.3. The zero-order chi connectivity index (χ0) is 21.7. The van der Waals surface area contributed by atoms with Crippen molar-refractivity contribution in [2.24, 2.45) is 0 Å². The number of hydrogen-bond donors (Lipinski definition) is 1. The Kier molecular flexibility index (Phi) is 5.02. The van der Waals surface area contributed by atoms with Crippen LogP contribution in [0.1, 0.15) is 63.8 Å². The molecule has 2 aliphatic rings. The van der Waals surface area contributed by atoms with Crippen LogP contribution in [0.5, 0.6) is 0 Å². The van der Waals surface area contributed by atoms with Gasteiger partial charge in [-0.15, -0.1) is 5.10 Å². The van der Waals surface area contributed by atoms with Crippen LogP contribution in [0, 0.1) is 0 Å². The minimum Gasteiger partial charge on any atom is -0.318 e. The molecule has 2 saturated heterocycles. The first-order valence-electron chi connectivity index (χ1n) is 10.2. The van der Waals surface area contributed by atoms with Gasteiger partial charge in [0.1, 0.15) is 0 Å². The third kappa shape index (κ3) is 3.89. The summed E-state index contributed by atoms with van der Waals surface area (Å²) in [5, 5.41) is 11.1. The van der Waals surface area contributed by atoms with Crippen molar-refractivity contribution in [1.29, 1.82) is 0 Å². The Labute approximate surface area is 173 Å². The molecule has 9 heteroatoms. The molecule has 6 nitrogen and oxygen atoms in total. The number of fused-ring (bicyclic) bond motifs is 2. The van der Waals surface area contributed by atoms with Gasteiger partial charge in [-0.25, -0.2) is 9.48 Å². The second-order valence-corrected chi connectivity index (χ2v) is 9.22. The van der Waals surface area contributed by atoms with E-state index in [1.165, 1.54) is 18.2 Å². The molecule has 2 atom stereocenters. The predicted octanol–water partition coefficient (Wildman–Crippen LogP) is 4.99. The summed E-state index contributed by atoms with van der Waals surface area (Å²) in [6.07, 6.45) is 0.579. The number of piperidine rings is 1. The molecule has 2 amide bonds. The molecule has 162 valence electrons. The van der Waals surface area contributed by atoms with Crippen LogP contribution in [0.4, 0.5) is 23.7 Å². The van der Waals surface area contributed by atoms with Gasteiger partial charge in [0, 0.05) is 23.7 Å². The zero-order valence-electron chi connectivity index (χ0n) is 17.3. The summed E-state index contributed by atoms with van der Waals surface area (Å²) in [5.41, 5.74) is -0.219. The number of para-hydroxylation sites is 1. The SMILES string of the molecule is CC(C)(C)c1cn(C2CC3CCC(C2)N3C(=O)Nc2ccccc2C(F)(F)F)nn1. The minimum absolute atomic E-state index is 0.0194. The van der Waals surface area contributed by atoms with Crippen LogP contribution >= 0.6 is 0 Å². The first-order valence-corrected chi connectivity index (χ1v) is 10.2. The average molecular weight is 421 g/mol. The highest BCUT2D eigenvalue weighted by Crippen LogP contribution is 2.42. The second-order valence-electron chi connectivity index (χ2n) is 9.22. The van der Waals surface area contributed by atoms with Crippen LogP contribution < -0.4 is 5.32 Å². The summed E-state index contributed by atoms with van der Waals surface area (Å²) in [7, 11) is 0. The highest BCUT2D eigenvalue weighted by Gasteiger charge is 2.45. The van der Waals surface area contributed by atoms with Crippen LogP contribution in [-0.2, 0) is 11.6 Å². The Morgan fingerprint density at radius 3 is 2.27 bits per heavy atom. The number of alkyl halides is 3. The van der Waals surface area contributed by atoms with Crippen molar-refractivity contribution < 1.29 is 18.0 Å². The Hall–Kier alpha value is -2.58. The number of benzene rings is 1. The number of halogens is 3. The lowest BCUT2D eigenvalue weighted by molar-refractivity contribution is -0.136. The van der Waals surface area contributed by atoms with E-state index in [1.54, 1.807) is 4.90 Å². The van der Waals surface area contributed by atoms with Crippen LogP contribution in [-0.4, -0.2) is 38.0 Å². The lowest BCUT2D eigenvalue weighted by atomic mass is 9.93. The fourth-order valence-electron chi connectivity index (χ4n) is 4.51. The normalized spacial score (nSPS) is 24.2. The van der Waals surface area contributed by atoms with Crippen LogP contribution in [0.2, 0.25) is 0 Å². The first kappa shape index (κ1) is 20.7. The van der Waals surface area contributed by atoms with E-state index in [1.807, 2.05) is 10.9 Å². The molecular weight excluding hydrogens is 395 g/mol. The molecule has 1 aromatic carbocycles. The van der Waals surface area contributed by atoms with Gasteiger partial charge in [-0.2, -0.15) is 13.2 Å². The molecule has 2 aliphatic heterocycles. The largest absolute Gasteiger partial charge is 0.418 e. The van der Waals surface area contributed by atoms with Crippen molar-refractivity contribution in [3.63, 3.8) is 0 Å². The smallest absolute Gasteiger partial charge is 0.318 e. The monoisotopic (exact) mass is 421 g/mol. The number of nitrogens with zero attached hydrogens (tertiary/aromatic N) is 4. The second kappa shape index (κ2) is 7.28. The predicted molar refractivity (Wildman–Crippen MR) is 106 cm³/mol. The van der Waals surface area contributed by atoms with Crippen molar-refractivity contribution >= 4 is 11.7 Å². The number of carbonyl (C=O) groups excluding carboxylic acids is 1. The van der Waals surface area contributed by atoms with Gasteiger partial charge in [0.25, 0.3) is 0 Å². The number of nitrogens with one attached hydrogen (secondary N) is 1. The molecule has 0 saturated carbocycles. The maximum absolute atomic E-state index is 13.3. The van der Waals surface area contributed by atoms with Gasteiger partial charge in [-0.1, -0.05) is 38.1 Å². The Morgan fingerprint density at radius 1 is 1.07 bits per heavy atom. The van der Waals surface area contributed by atoms with Crippen LogP contribution in [0.25, 0.3) is 0 Å². The van der Waals surface area contributed by atoms with E-state index in [0.29, 0.717) is 0 Å². The van der Waals surface area contributed by atoms with Crippen molar-refractivity contribution in [1.82, 2.24) is 19.9 Å². The van der Waals surface area contributed by atoms with Gasteiger partial charge in [0.15, 0.2) is 0 Å². The van der Waals surface area contributed by atoms with Crippen LogP contribution in [0.15, 0.2) is 30.5 Å². The molecular formula is C21H26F3N5O. The number of urea groups is 1. The first-order chi connectivity index (χ1) is 14.0. The Bertz CT molecular complexity index is 919. The molecule has 0 spiro atoms. The molecule has 1 N–H and O–H groups in total. The number of amides is 2. The number of carbonyl (C=O) groups is 1. The fourth-order valence-corrected chi connectivity index (χ4v) is 4.51. The van der Waals surface area contributed by atoms with E-state index in [2.05, 4.69) is 36.4 Å². The molecule has 0 radical (unpaired) electrons. The number of aromatic nitrogens is 3. The van der Waals surface area contributed by atoms with Crippen molar-refractivity contribution in [2.45, 2.75) is 76.2 Å². The summed E-state index contributed by atoms with van der Waals surface area (Å²) in [4.78, 5) is 14.6. The zero-order valence-corrected chi connectivity index (χ0v) is 17.3. The quantitative estimate of drug-likeness (QED) is 0.743. The van der Waals surface area contributed by atoms with Gasteiger partial charge in [0.05, 0.1) is 23.0 Å². The van der Waals surface area contributed by atoms with Crippen molar-refractivity contribution in [2.75, 3.05) is 5.32 Å². The van der Waals surface area contributed by atoms with E-state index in [4.69, 9.17) is 0 Å². The maximum Gasteiger partial charge on any atom is 0.418 e. The molecule has 2 aromatic rings. The van der Waals surface area contributed by atoms with Crippen molar-refractivity contribution in [3.8, 4) is 0 Å². The molecule has 3 heterocycles. The van der Waals surface area contributed by atoms with Gasteiger partial charge in [0.2, 0.25) is 0 Å². The topological polar surface area (TPSA) is 63.1 Å². The molecule has 2 unspecified atom stereocenters.